The van der Waals surface area contributed by atoms with Crippen LogP contribution in [0.2, 0.25) is 0 Å². The fourth-order valence-electron chi connectivity index (χ4n) is 13.7. The molecule has 4 aliphatic rings. The van der Waals surface area contributed by atoms with Gasteiger partial charge >= 0.3 is 0 Å². The van der Waals surface area contributed by atoms with E-state index in [-0.39, 0.29) is 13.4 Å². The summed E-state index contributed by atoms with van der Waals surface area (Å²) in [6.07, 6.45) is 0. The number of para-hydroxylation sites is 4. The smallest absolute Gasteiger partial charge is 0.244 e. The maximum atomic E-state index is 2.62. The molecule has 322 valence electrons. The van der Waals surface area contributed by atoms with E-state index in [9.17, 15) is 0 Å². The Hall–Kier alpha value is -8.59. The number of fused-ring (bicyclic) bond motifs is 10. The van der Waals surface area contributed by atoms with Crippen LogP contribution < -0.4 is 42.6 Å². The number of aryl methyl sites for hydroxylation is 2. The molecule has 0 amide bonds. The molecule has 0 N–H and O–H groups in total. The van der Waals surface area contributed by atoms with Crippen LogP contribution >= 0.6 is 0 Å². The van der Waals surface area contributed by atoms with Gasteiger partial charge in [-0.15, -0.1) is 0 Å². The van der Waals surface area contributed by atoms with Crippen LogP contribution in [0.4, 0.5) is 34.1 Å². The molecule has 0 aliphatic carbocycles. The van der Waals surface area contributed by atoms with E-state index in [1.54, 1.807) is 0 Å². The zero-order valence-corrected chi connectivity index (χ0v) is 38.8. The lowest BCUT2D eigenvalue weighted by atomic mass is 9.34. The number of hydrogen-bond acceptors (Lipinski definition) is 2. The van der Waals surface area contributed by atoms with E-state index >= 15 is 0 Å². The quantitative estimate of drug-likeness (QED) is 0.121. The van der Waals surface area contributed by atoms with E-state index in [4.69, 9.17) is 0 Å². The van der Waals surface area contributed by atoms with Crippen molar-refractivity contribution in [1.29, 1.82) is 0 Å². The zero-order chi connectivity index (χ0) is 45.9. The van der Waals surface area contributed by atoms with Crippen molar-refractivity contribution < 1.29 is 0 Å². The van der Waals surface area contributed by atoms with Crippen molar-refractivity contribution in [3.63, 3.8) is 0 Å². The van der Waals surface area contributed by atoms with E-state index in [0.717, 1.165) is 22.7 Å². The van der Waals surface area contributed by atoms with Gasteiger partial charge in [-0.25, -0.2) is 0 Å². The molecule has 4 heterocycles. The summed E-state index contributed by atoms with van der Waals surface area (Å²) in [5.74, 6) is 0. The van der Waals surface area contributed by atoms with Crippen molar-refractivity contribution in [1.82, 2.24) is 0 Å². The summed E-state index contributed by atoms with van der Waals surface area (Å²) in [5.41, 5.74) is 28.8. The predicted molar refractivity (Wildman–Crippen MR) is 300 cm³/mol. The average molecular weight is 885 g/mol. The first-order valence-corrected chi connectivity index (χ1v) is 24.7. The topological polar surface area (TPSA) is 6.48 Å². The van der Waals surface area contributed by atoms with E-state index in [1.807, 2.05) is 0 Å². The molecule has 70 heavy (non-hydrogen) atoms. The molecule has 12 aromatic carbocycles. The Morgan fingerprint density at radius 1 is 0.257 bits per heavy atom. The van der Waals surface area contributed by atoms with Crippen molar-refractivity contribution in [2.24, 2.45) is 0 Å². The Morgan fingerprint density at radius 2 is 0.571 bits per heavy atom. The van der Waals surface area contributed by atoms with Crippen LogP contribution in [0.15, 0.2) is 218 Å². The molecule has 0 unspecified atom stereocenters. The SMILES string of the molecule is Cc1cc2c3c(cc4c(C)cc5c6c(cc1c3c46)B1c3ccccc3-c3cc(N(c4ccccc4)c4ccccc4)cc-5c31)B1c3ccccc3-c3cc(N(c4ccccc4)c4ccccc4)cc-2c31. The molecule has 16 rings (SSSR count). The van der Waals surface area contributed by atoms with Crippen LogP contribution in [0.1, 0.15) is 11.1 Å². The fraction of sp³-hybridized carbons (Fsp3) is 0.0303. The van der Waals surface area contributed by atoms with Crippen LogP contribution in [-0.4, -0.2) is 13.4 Å². The molecule has 0 atom stereocenters. The maximum absolute atomic E-state index is 2.62. The molecule has 0 spiro atoms. The highest BCUT2D eigenvalue weighted by Gasteiger charge is 2.45. The second kappa shape index (κ2) is 14.0. The van der Waals surface area contributed by atoms with E-state index in [2.05, 4.69) is 242 Å². The van der Waals surface area contributed by atoms with Crippen molar-refractivity contribution in [3.8, 4) is 44.5 Å². The summed E-state index contributed by atoms with van der Waals surface area (Å²) in [6.45, 7) is 4.99. The highest BCUT2D eigenvalue weighted by molar-refractivity contribution is 7.03. The Balaban J connectivity index is 1.02. The number of hydrogen-bond donors (Lipinski definition) is 0. The molecule has 4 heteroatoms. The molecule has 0 fully saturated rings. The third-order valence-corrected chi connectivity index (χ3v) is 16.4. The van der Waals surface area contributed by atoms with Crippen molar-refractivity contribution in [2.45, 2.75) is 13.8 Å². The normalized spacial score (nSPS) is 12.9. The van der Waals surface area contributed by atoms with Gasteiger partial charge in [0.15, 0.2) is 0 Å². The lowest BCUT2D eigenvalue weighted by Crippen LogP contribution is -2.53. The highest BCUT2D eigenvalue weighted by atomic mass is 15.1. The minimum Gasteiger partial charge on any atom is -0.310 e. The largest absolute Gasteiger partial charge is 0.310 e. The van der Waals surface area contributed by atoms with Gasteiger partial charge in [0, 0.05) is 34.1 Å². The minimum absolute atomic E-state index is 0.125. The second-order valence-electron chi connectivity index (χ2n) is 20.0. The summed E-state index contributed by atoms with van der Waals surface area (Å²) in [4.78, 5) is 4.88. The van der Waals surface area contributed by atoms with Gasteiger partial charge in [0.2, 0.25) is 13.4 Å². The molecule has 4 aliphatic heterocycles. The fourth-order valence-corrected chi connectivity index (χ4v) is 13.7. The predicted octanol–water partition coefficient (Wildman–Crippen LogP) is 13.1. The van der Waals surface area contributed by atoms with Gasteiger partial charge in [-0.3, -0.25) is 0 Å². The van der Waals surface area contributed by atoms with Crippen LogP contribution in [0.5, 0.6) is 0 Å². The number of anilines is 6. The van der Waals surface area contributed by atoms with E-state index in [0.29, 0.717) is 0 Å². The van der Waals surface area contributed by atoms with E-state index in [1.165, 1.54) is 132 Å². The Labute approximate surface area is 408 Å². The van der Waals surface area contributed by atoms with Gasteiger partial charge in [-0.1, -0.05) is 178 Å². The van der Waals surface area contributed by atoms with Gasteiger partial charge in [0.05, 0.1) is 0 Å². The monoisotopic (exact) mass is 884 g/mol. The number of rotatable bonds is 6. The molecule has 0 radical (unpaired) electrons. The second-order valence-corrected chi connectivity index (χ2v) is 20.0. The minimum atomic E-state index is 0.125. The van der Waals surface area contributed by atoms with Crippen LogP contribution in [0.25, 0.3) is 76.8 Å². The van der Waals surface area contributed by atoms with Crippen molar-refractivity contribution in [3.05, 3.63) is 230 Å². The molecule has 0 aromatic heterocycles. The van der Waals surface area contributed by atoms with Crippen LogP contribution in [0.3, 0.4) is 0 Å². The highest BCUT2D eigenvalue weighted by Crippen LogP contribution is 2.50. The van der Waals surface area contributed by atoms with Gasteiger partial charge in [0.1, 0.15) is 0 Å². The molecule has 0 bridgehead atoms. The zero-order valence-electron chi connectivity index (χ0n) is 38.8. The van der Waals surface area contributed by atoms with Crippen LogP contribution in [0, 0.1) is 13.8 Å². The molecular formula is C66H42B2N2. The number of nitrogens with zero attached hydrogens (tertiary/aromatic N) is 2. The Kier molecular flexibility index (Phi) is 7.68. The summed E-state index contributed by atoms with van der Waals surface area (Å²) in [7, 11) is 0. The molecule has 0 saturated heterocycles. The Bertz CT molecular complexity index is 3850. The van der Waals surface area contributed by atoms with Gasteiger partial charge in [0.25, 0.3) is 0 Å². The lowest BCUT2D eigenvalue weighted by Gasteiger charge is -2.33. The first-order chi connectivity index (χ1) is 34.6. The van der Waals surface area contributed by atoms with Gasteiger partial charge in [-0.05, 0) is 175 Å². The molecule has 12 aromatic rings. The van der Waals surface area contributed by atoms with Crippen molar-refractivity contribution >= 4 is 113 Å². The third kappa shape index (κ3) is 5.00. The summed E-state index contributed by atoms with van der Waals surface area (Å²) < 4.78 is 0. The van der Waals surface area contributed by atoms with Crippen LogP contribution in [-0.2, 0) is 0 Å². The Morgan fingerprint density at radius 3 is 0.929 bits per heavy atom. The third-order valence-electron chi connectivity index (χ3n) is 16.4. The van der Waals surface area contributed by atoms with Gasteiger partial charge in [-0.2, -0.15) is 0 Å². The molecule has 0 saturated carbocycles. The van der Waals surface area contributed by atoms with Gasteiger partial charge < -0.3 is 9.80 Å². The maximum Gasteiger partial charge on any atom is 0.244 e. The first kappa shape index (κ1) is 38.4. The number of benzene rings is 12. The summed E-state index contributed by atoms with van der Waals surface area (Å²) >= 11 is 0. The summed E-state index contributed by atoms with van der Waals surface area (Å²) in [5, 5.41) is 8.39. The summed E-state index contributed by atoms with van der Waals surface area (Å²) in [6, 6.07) is 82.2. The van der Waals surface area contributed by atoms with Crippen molar-refractivity contribution in [2.75, 3.05) is 9.80 Å². The molecule has 2 nitrogen and oxygen atoms in total. The standard InChI is InChI=1S/C66H42B2N2/c1-39-31-51-55-35-45(69(41-19-7-3-8-20-41)42-21-9-4-10-22-42)33-53-47-27-16-18-30-58(47)68(65(53)55)60-38-50-40(2)32-52-56-36-46(70(43-23-11-5-12-24-43)44-25-13-6-14-26-44)34-54-48-28-15-17-29-57(48)67(66(54)56)59-37-49(39)63(61(51)60)64(50)62(52)59/h3-38H,1-2H3. The molecular weight excluding hydrogens is 842 g/mol. The first-order valence-electron chi connectivity index (χ1n) is 24.7. The lowest BCUT2D eigenvalue weighted by molar-refractivity contribution is 1.29. The van der Waals surface area contributed by atoms with E-state index < -0.39 is 0 Å². The average Bonchev–Trinajstić information content (AvgIpc) is 3.92.